The van der Waals surface area contributed by atoms with Gasteiger partial charge in [-0.2, -0.15) is 0 Å². The predicted molar refractivity (Wildman–Crippen MR) is 107 cm³/mol. The van der Waals surface area contributed by atoms with Crippen LogP contribution in [0.4, 0.5) is 0 Å². The van der Waals surface area contributed by atoms with Gasteiger partial charge in [0.1, 0.15) is 0 Å². The summed E-state index contributed by atoms with van der Waals surface area (Å²) in [6.07, 6.45) is 2.74. The van der Waals surface area contributed by atoms with Crippen LogP contribution >= 0.6 is 24.0 Å². The van der Waals surface area contributed by atoms with Gasteiger partial charge in [0, 0.05) is 38.3 Å². The van der Waals surface area contributed by atoms with Gasteiger partial charge in [-0.15, -0.1) is 24.0 Å². The van der Waals surface area contributed by atoms with Crippen LogP contribution in [-0.2, 0) is 6.54 Å². The van der Waals surface area contributed by atoms with Crippen molar-refractivity contribution in [1.82, 2.24) is 20.5 Å². The number of nitrogens with zero attached hydrogens (tertiary/aromatic N) is 3. The summed E-state index contributed by atoms with van der Waals surface area (Å²) in [4.78, 5) is 11.4. The smallest absolute Gasteiger partial charge is 0.213 e. The van der Waals surface area contributed by atoms with Gasteiger partial charge in [0.05, 0.1) is 19.3 Å². The van der Waals surface area contributed by atoms with E-state index in [2.05, 4.69) is 32.4 Å². The molecule has 2 aliphatic rings. The van der Waals surface area contributed by atoms with E-state index in [1.165, 1.54) is 19.4 Å². The molecule has 6 nitrogen and oxygen atoms in total. The highest BCUT2D eigenvalue weighted by Gasteiger charge is 2.38. The Bertz CT molecular complexity index is 564. The molecule has 3 rings (SSSR count). The largest absolute Gasteiger partial charge is 0.481 e. The summed E-state index contributed by atoms with van der Waals surface area (Å²) < 4.78 is 5.16. The van der Waals surface area contributed by atoms with Crippen LogP contribution in [0.15, 0.2) is 23.2 Å². The van der Waals surface area contributed by atoms with E-state index in [1.54, 1.807) is 7.11 Å². The van der Waals surface area contributed by atoms with Crippen molar-refractivity contribution in [3.05, 3.63) is 23.9 Å². The maximum atomic E-state index is 5.16. The molecule has 1 aliphatic heterocycles. The van der Waals surface area contributed by atoms with E-state index < -0.39 is 0 Å². The lowest BCUT2D eigenvalue weighted by atomic mass is 10.1. The fourth-order valence-corrected chi connectivity index (χ4v) is 3.14. The second-order valence-corrected chi connectivity index (χ2v) is 6.51. The number of aromatic nitrogens is 1. The molecule has 1 aromatic rings. The third-order valence-corrected chi connectivity index (χ3v) is 4.68. The highest BCUT2D eigenvalue weighted by molar-refractivity contribution is 14.0. The fourth-order valence-electron chi connectivity index (χ4n) is 3.14. The Morgan fingerprint density at radius 1 is 1.38 bits per heavy atom. The zero-order valence-corrected chi connectivity index (χ0v) is 17.0. The van der Waals surface area contributed by atoms with Crippen molar-refractivity contribution >= 4 is 29.9 Å². The molecule has 2 heterocycles. The average Bonchev–Trinajstić information content (AvgIpc) is 3.36. The zero-order valence-electron chi connectivity index (χ0n) is 14.7. The highest BCUT2D eigenvalue weighted by Crippen LogP contribution is 2.31. The molecule has 1 aliphatic carbocycles. The quantitative estimate of drug-likeness (QED) is 0.412. The summed E-state index contributed by atoms with van der Waals surface area (Å²) in [6.45, 7) is 5.25. The molecule has 0 aromatic carbocycles. The molecule has 0 amide bonds. The third-order valence-electron chi connectivity index (χ3n) is 4.68. The van der Waals surface area contributed by atoms with Crippen LogP contribution in [0, 0.1) is 5.92 Å². The van der Waals surface area contributed by atoms with Crippen LogP contribution < -0.4 is 15.4 Å². The first-order valence-electron chi connectivity index (χ1n) is 8.40. The van der Waals surface area contributed by atoms with E-state index in [1.807, 2.05) is 25.2 Å². The number of methoxy groups -OCH3 is 1. The molecule has 2 unspecified atom stereocenters. The molecule has 134 valence electrons. The lowest BCUT2D eigenvalue weighted by molar-refractivity contribution is 0.315. The Labute approximate surface area is 161 Å². The molecule has 1 saturated carbocycles. The van der Waals surface area contributed by atoms with Crippen LogP contribution in [-0.4, -0.2) is 55.2 Å². The van der Waals surface area contributed by atoms with Gasteiger partial charge in [-0.05, 0) is 24.8 Å². The maximum Gasteiger partial charge on any atom is 0.213 e. The molecule has 0 radical (unpaired) electrons. The fraction of sp³-hybridized carbons (Fsp3) is 0.647. The first-order chi connectivity index (χ1) is 11.2. The van der Waals surface area contributed by atoms with Crippen LogP contribution in [0.2, 0.25) is 0 Å². The zero-order chi connectivity index (χ0) is 16.2. The number of rotatable bonds is 5. The Morgan fingerprint density at radius 2 is 2.17 bits per heavy atom. The van der Waals surface area contributed by atoms with Crippen molar-refractivity contribution in [3.8, 4) is 5.88 Å². The number of hydrogen-bond acceptors (Lipinski definition) is 4. The van der Waals surface area contributed by atoms with Crippen molar-refractivity contribution in [3.63, 3.8) is 0 Å². The first kappa shape index (κ1) is 19.2. The minimum Gasteiger partial charge on any atom is -0.481 e. The standard InChI is InChI=1S/C17H27N5O.HI/c1-12-10-22(14-7-8-14)11-15(12)21-17(18-2)19-9-13-5-4-6-16(20-13)23-3;/h4-6,12,14-15H,7-11H2,1-3H3,(H2,18,19,21);1H. The first-order valence-corrected chi connectivity index (χ1v) is 8.40. The molecule has 1 saturated heterocycles. The van der Waals surface area contributed by atoms with E-state index in [9.17, 15) is 0 Å². The molecule has 2 N–H and O–H groups in total. The Hall–Kier alpha value is -1.09. The summed E-state index contributed by atoms with van der Waals surface area (Å²) in [7, 11) is 3.44. The lowest BCUT2D eigenvalue weighted by Crippen LogP contribution is -2.46. The Balaban J connectivity index is 0.00000208. The molecule has 0 bridgehead atoms. The number of likely N-dealkylation sites (tertiary alicyclic amines) is 1. The van der Waals surface area contributed by atoms with Crippen LogP contribution in [0.5, 0.6) is 5.88 Å². The van der Waals surface area contributed by atoms with Crippen molar-refractivity contribution in [2.24, 2.45) is 10.9 Å². The summed E-state index contributed by atoms with van der Waals surface area (Å²) in [5.74, 6) is 2.12. The molecule has 24 heavy (non-hydrogen) atoms. The number of pyridine rings is 1. The SMILES string of the molecule is CN=C(NCc1cccc(OC)n1)NC1CN(C2CC2)CC1C.I. The van der Waals surface area contributed by atoms with E-state index in [4.69, 9.17) is 4.74 Å². The highest BCUT2D eigenvalue weighted by atomic mass is 127. The number of guanidine groups is 1. The molecule has 1 aromatic heterocycles. The van der Waals surface area contributed by atoms with Crippen molar-refractivity contribution in [2.75, 3.05) is 27.2 Å². The van der Waals surface area contributed by atoms with Gasteiger partial charge < -0.3 is 15.4 Å². The molecular weight excluding hydrogens is 417 g/mol. The van der Waals surface area contributed by atoms with E-state index >= 15 is 0 Å². The normalized spacial score (nSPS) is 24.4. The van der Waals surface area contributed by atoms with E-state index in [0.717, 1.165) is 24.2 Å². The lowest BCUT2D eigenvalue weighted by Gasteiger charge is -2.20. The van der Waals surface area contributed by atoms with Gasteiger partial charge in [-0.25, -0.2) is 4.98 Å². The number of nitrogens with one attached hydrogen (secondary N) is 2. The summed E-state index contributed by atoms with van der Waals surface area (Å²) >= 11 is 0. The molecule has 2 atom stereocenters. The molecule has 2 fully saturated rings. The Kier molecular flexibility index (Phi) is 7.09. The van der Waals surface area contributed by atoms with Gasteiger partial charge >= 0.3 is 0 Å². The van der Waals surface area contributed by atoms with Crippen LogP contribution in [0.3, 0.4) is 0 Å². The van der Waals surface area contributed by atoms with Crippen LogP contribution in [0.25, 0.3) is 0 Å². The number of halogens is 1. The van der Waals surface area contributed by atoms with E-state index in [0.29, 0.717) is 24.4 Å². The molecular formula is C17H28IN5O. The summed E-state index contributed by atoms with van der Waals surface area (Å²) in [6, 6.07) is 7.07. The Morgan fingerprint density at radius 3 is 2.83 bits per heavy atom. The van der Waals surface area contributed by atoms with Crippen molar-refractivity contribution in [2.45, 2.75) is 38.4 Å². The second-order valence-electron chi connectivity index (χ2n) is 6.51. The van der Waals surface area contributed by atoms with Crippen molar-refractivity contribution in [1.29, 1.82) is 0 Å². The van der Waals surface area contributed by atoms with Gasteiger partial charge in [0.25, 0.3) is 0 Å². The van der Waals surface area contributed by atoms with Crippen molar-refractivity contribution < 1.29 is 4.74 Å². The average molecular weight is 445 g/mol. The summed E-state index contributed by atoms with van der Waals surface area (Å²) in [5.41, 5.74) is 0.936. The maximum absolute atomic E-state index is 5.16. The number of hydrogen-bond donors (Lipinski definition) is 2. The van der Waals surface area contributed by atoms with Gasteiger partial charge in [-0.3, -0.25) is 9.89 Å². The topological polar surface area (TPSA) is 61.8 Å². The molecule has 7 heteroatoms. The van der Waals surface area contributed by atoms with Gasteiger partial charge in [-0.1, -0.05) is 13.0 Å². The minimum absolute atomic E-state index is 0. The summed E-state index contributed by atoms with van der Waals surface area (Å²) in [5, 5.41) is 6.91. The number of ether oxygens (including phenoxy) is 1. The number of aliphatic imine (C=N–C) groups is 1. The van der Waals surface area contributed by atoms with E-state index in [-0.39, 0.29) is 24.0 Å². The van der Waals surface area contributed by atoms with Gasteiger partial charge in [0.15, 0.2) is 5.96 Å². The predicted octanol–water partition coefficient (Wildman–Crippen LogP) is 1.86. The minimum atomic E-state index is 0. The van der Waals surface area contributed by atoms with Crippen LogP contribution in [0.1, 0.15) is 25.5 Å². The monoisotopic (exact) mass is 445 g/mol. The van der Waals surface area contributed by atoms with Gasteiger partial charge in [0.2, 0.25) is 5.88 Å². The third kappa shape index (κ3) is 4.95. The molecule has 0 spiro atoms. The second kappa shape index (κ2) is 8.84.